The average Bonchev–Trinajstić information content (AvgIpc) is 2.70. The highest BCUT2D eigenvalue weighted by atomic mass is 16.5. The van der Waals surface area contributed by atoms with Gasteiger partial charge >= 0.3 is 0 Å². The van der Waals surface area contributed by atoms with Crippen LogP contribution in [0.3, 0.4) is 0 Å². The molecule has 0 radical (unpaired) electrons. The molecule has 0 saturated heterocycles. The summed E-state index contributed by atoms with van der Waals surface area (Å²) in [7, 11) is 1.67. The highest BCUT2D eigenvalue weighted by Gasteiger charge is 2.16. The third-order valence-corrected chi connectivity index (χ3v) is 2.81. The van der Waals surface area contributed by atoms with E-state index in [4.69, 9.17) is 4.74 Å². The van der Waals surface area contributed by atoms with Crippen LogP contribution in [-0.4, -0.2) is 23.3 Å². The lowest BCUT2D eigenvalue weighted by atomic mass is 10.2. The third-order valence-electron chi connectivity index (χ3n) is 2.81. The highest BCUT2D eigenvalue weighted by molar-refractivity contribution is 5.21. The smallest absolute Gasteiger partial charge is 0.256 e. The third kappa shape index (κ3) is 2.09. The van der Waals surface area contributed by atoms with Crippen LogP contribution in [-0.2, 0) is 24.1 Å². The van der Waals surface area contributed by atoms with E-state index in [0.29, 0.717) is 13.2 Å². The first-order valence-electron chi connectivity index (χ1n) is 5.39. The van der Waals surface area contributed by atoms with E-state index in [1.165, 1.54) is 0 Å². The van der Waals surface area contributed by atoms with Gasteiger partial charge in [0.2, 0.25) is 0 Å². The van der Waals surface area contributed by atoms with Crippen LogP contribution in [0.25, 0.3) is 0 Å². The number of ether oxygens (including phenoxy) is 1. The van der Waals surface area contributed by atoms with Gasteiger partial charge in [-0.15, -0.1) is 0 Å². The molecular formula is C11H16N2O2. The predicted octanol–water partition coefficient (Wildman–Crippen LogP) is 0.768. The normalized spacial score (nSPS) is 14.2. The molecule has 1 aliphatic carbocycles. The first-order chi connectivity index (χ1) is 7.33. The Hall–Kier alpha value is -1.16. The van der Waals surface area contributed by atoms with Gasteiger partial charge in [0, 0.05) is 25.8 Å². The second-order valence-electron chi connectivity index (χ2n) is 3.87. The van der Waals surface area contributed by atoms with E-state index in [1.807, 2.05) is 0 Å². The fraction of sp³-hybridized carbons (Fsp3) is 0.636. The van der Waals surface area contributed by atoms with Crippen molar-refractivity contribution in [3.8, 4) is 0 Å². The summed E-state index contributed by atoms with van der Waals surface area (Å²) in [4.78, 5) is 16.3. The number of aromatic nitrogens is 2. The van der Waals surface area contributed by atoms with Crippen molar-refractivity contribution in [1.29, 1.82) is 0 Å². The first kappa shape index (κ1) is 10.4. The molecule has 15 heavy (non-hydrogen) atoms. The van der Waals surface area contributed by atoms with Gasteiger partial charge in [-0.05, 0) is 25.7 Å². The molecular weight excluding hydrogens is 192 g/mol. The first-order valence-corrected chi connectivity index (χ1v) is 5.39. The van der Waals surface area contributed by atoms with Gasteiger partial charge < -0.3 is 4.74 Å². The van der Waals surface area contributed by atoms with Gasteiger partial charge in [0.05, 0.1) is 12.0 Å². The fourth-order valence-corrected chi connectivity index (χ4v) is 2.00. The Bertz CT molecular complexity index is 398. The molecule has 0 atom stereocenters. The molecule has 4 nitrogen and oxygen atoms in total. The van der Waals surface area contributed by atoms with Crippen molar-refractivity contribution in [2.75, 3.05) is 13.7 Å². The second-order valence-corrected chi connectivity index (χ2v) is 3.87. The number of hydrogen-bond donors (Lipinski definition) is 0. The quantitative estimate of drug-likeness (QED) is 0.686. The zero-order valence-corrected chi connectivity index (χ0v) is 9.03. The molecule has 0 saturated carbocycles. The lowest BCUT2D eigenvalue weighted by Crippen LogP contribution is -2.24. The van der Waals surface area contributed by atoms with Crippen molar-refractivity contribution in [3.63, 3.8) is 0 Å². The molecule has 1 heterocycles. The van der Waals surface area contributed by atoms with Gasteiger partial charge in [-0.25, -0.2) is 4.98 Å². The van der Waals surface area contributed by atoms with E-state index in [1.54, 1.807) is 18.0 Å². The van der Waals surface area contributed by atoms with E-state index in [-0.39, 0.29) is 5.56 Å². The molecule has 2 rings (SSSR count). The molecule has 0 amide bonds. The monoisotopic (exact) mass is 208 g/mol. The largest absolute Gasteiger partial charge is 0.385 e. The highest BCUT2D eigenvalue weighted by Crippen LogP contribution is 2.14. The van der Waals surface area contributed by atoms with Crippen molar-refractivity contribution in [2.45, 2.75) is 32.2 Å². The Morgan fingerprint density at radius 3 is 3.20 bits per heavy atom. The summed E-state index contributed by atoms with van der Waals surface area (Å²) >= 11 is 0. The van der Waals surface area contributed by atoms with Gasteiger partial charge in [-0.3, -0.25) is 9.36 Å². The summed E-state index contributed by atoms with van der Waals surface area (Å²) in [6, 6.07) is 0. The Labute approximate surface area is 88.9 Å². The topological polar surface area (TPSA) is 44.1 Å². The van der Waals surface area contributed by atoms with Gasteiger partial charge in [-0.2, -0.15) is 0 Å². The van der Waals surface area contributed by atoms with Gasteiger partial charge in [0.25, 0.3) is 5.56 Å². The van der Waals surface area contributed by atoms with Crippen LogP contribution in [0.1, 0.15) is 24.1 Å². The van der Waals surface area contributed by atoms with Gasteiger partial charge in [-0.1, -0.05) is 0 Å². The number of rotatable bonds is 4. The maximum Gasteiger partial charge on any atom is 0.256 e. The number of nitrogens with zero attached hydrogens (tertiary/aromatic N) is 2. The zero-order chi connectivity index (χ0) is 10.7. The number of hydrogen-bond acceptors (Lipinski definition) is 3. The van der Waals surface area contributed by atoms with Crippen molar-refractivity contribution >= 4 is 0 Å². The Morgan fingerprint density at radius 1 is 1.53 bits per heavy atom. The van der Waals surface area contributed by atoms with Crippen LogP contribution in [0.2, 0.25) is 0 Å². The molecule has 82 valence electrons. The summed E-state index contributed by atoms with van der Waals surface area (Å²) in [6.45, 7) is 1.39. The zero-order valence-electron chi connectivity index (χ0n) is 9.03. The number of methoxy groups -OCH3 is 1. The molecule has 0 aromatic carbocycles. The molecule has 4 heteroatoms. The fourth-order valence-electron chi connectivity index (χ4n) is 2.00. The Kier molecular flexibility index (Phi) is 3.16. The van der Waals surface area contributed by atoms with E-state index in [9.17, 15) is 4.79 Å². The average molecular weight is 208 g/mol. The summed E-state index contributed by atoms with van der Waals surface area (Å²) in [5, 5.41) is 0. The van der Waals surface area contributed by atoms with Crippen molar-refractivity contribution in [3.05, 3.63) is 27.9 Å². The standard InChI is InChI=1S/C11H16N2O2/c1-15-7-3-6-13-8-12-10-5-2-4-9(10)11(13)14/h8H,2-7H2,1H3. The maximum absolute atomic E-state index is 11.9. The molecule has 1 aromatic heterocycles. The van der Waals surface area contributed by atoms with Crippen LogP contribution in [0.4, 0.5) is 0 Å². The minimum atomic E-state index is 0.147. The van der Waals surface area contributed by atoms with Crippen LogP contribution in [0.5, 0.6) is 0 Å². The molecule has 0 fully saturated rings. The van der Waals surface area contributed by atoms with Crippen LogP contribution in [0, 0.1) is 0 Å². The number of fused-ring (bicyclic) bond motifs is 1. The Morgan fingerprint density at radius 2 is 2.40 bits per heavy atom. The maximum atomic E-state index is 11.9. The van der Waals surface area contributed by atoms with Crippen molar-refractivity contribution in [1.82, 2.24) is 9.55 Å². The van der Waals surface area contributed by atoms with Crippen molar-refractivity contribution < 1.29 is 4.74 Å². The molecule has 1 aliphatic rings. The summed E-state index contributed by atoms with van der Waals surface area (Å²) in [5.41, 5.74) is 2.08. The SMILES string of the molecule is COCCCn1cnc2c(c1=O)CCC2. The molecule has 0 aliphatic heterocycles. The summed E-state index contributed by atoms with van der Waals surface area (Å²) in [6.07, 6.45) is 5.45. The summed E-state index contributed by atoms with van der Waals surface area (Å²) < 4.78 is 6.66. The van der Waals surface area contributed by atoms with Gasteiger partial charge in [0.15, 0.2) is 0 Å². The van der Waals surface area contributed by atoms with Crippen LogP contribution >= 0.6 is 0 Å². The molecule has 1 aromatic rings. The van der Waals surface area contributed by atoms with Crippen LogP contribution < -0.4 is 5.56 Å². The van der Waals surface area contributed by atoms with E-state index in [2.05, 4.69) is 4.98 Å². The lowest BCUT2D eigenvalue weighted by molar-refractivity contribution is 0.190. The van der Waals surface area contributed by atoms with E-state index < -0.39 is 0 Å². The minimum absolute atomic E-state index is 0.147. The summed E-state index contributed by atoms with van der Waals surface area (Å²) in [5.74, 6) is 0. The molecule has 0 spiro atoms. The van der Waals surface area contributed by atoms with Crippen LogP contribution in [0.15, 0.2) is 11.1 Å². The second kappa shape index (κ2) is 4.57. The van der Waals surface area contributed by atoms with E-state index in [0.717, 1.165) is 36.9 Å². The lowest BCUT2D eigenvalue weighted by Gasteiger charge is -2.06. The molecule has 0 bridgehead atoms. The molecule has 0 unspecified atom stereocenters. The predicted molar refractivity (Wildman–Crippen MR) is 57.0 cm³/mol. The van der Waals surface area contributed by atoms with E-state index >= 15 is 0 Å². The van der Waals surface area contributed by atoms with Crippen molar-refractivity contribution in [2.24, 2.45) is 0 Å². The number of aryl methyl sites for hydroxylation is 2. The molecule has 0 N–H and O–H groups in total. The van der Waals surface area contributed by atoms with Gasteiger partial charge in [0.1, 0.15) is 0 Å². The minimum Gasteiger partial charge on any atom is -0.385 e. The Balaban J connectivity index is 2.16.